The second-order valence-corrected chi connectivity index (χ2v) is 7.06. The Bertz CT molecular complexity index is 1020. The van der Waals surface area contributed by atoms with Crippen molar-refractivity contribution in [2.24, 2.45) is 0 Å². The van der Waals surface area contributed by atoms with Gasteiger partial charge in [0, 0.05) is 11.5 Å². The van der Waals surface area contributed by atoms with E-state index in [0.29, 0.717) is 18.4 Å². The van der Waals surface area contributed by atoms with Crippen molar-refractivity contribution in [2.75, 3.05) is 13.8 Å². The number of hydrogen-bond donors (Lipinski definition) is 1. The fraction of sp³-hybridized carbons (Fsp3) is 0.318. The SMILES string of the molecule is CC[C@H](C)[NH+]1COc2ccc3c(-c4ccc(OC)cc4)cc(=O)oc3c2C1. The quantitative estimate of drug-likeness (QED) is 0.721. The number of benzene rings is 2. The molecule has 1 unspecified atom stereocenters. The lowest BCUT2D eigenvalue weighted by Crippen LogP contribution is -3.15. The van der Waals surface area contributed by atoms with Crippen LogP contribution in [0.25, 0.3) is 22.1 Å². The van der Waals surface area contributed by atoms with E-state index in [4.69, 9.17) is 13.9 Å². The number of nitrogens with one attached hydrogen (secondary N) is 1. The van der Waals surface area contributed by atoms with Crippen LogP contribution in [0.3, 0.4) is 0 Å². The Morgan fingerprint density at radius 3 is 2.67 bits per heavy atom. The highest BCUT2D eigenvalue weighted by Gasteiger charge is 2.27. The van der Waals surface area contributed by atoms with Crippen molar-refractivity contribution in [1.82, 2.24) is 0 Å². The number of methoxy groups -OCH3 is 1. The molecule has 0 spiro atoms. The van der Waals surface area contributed by atoms with E-state index < -0.39 is 0 Å². The van der Waals surface area contributed by atoms with Gasteiger partial charge in [-0.2, -0.15) is 0 Å². The van der Waals surface area contributed by atoms with Gasteiger partial charge in [-0.05, 0) is 48.7 Å². The lowest BCUT2D eigenvalue weighted by atomic mass is 9.99. The molecule has 5 nitrogen and oxygen atoms in total. The zero-order valence-electron chi connectivity index (χ0n) is 15.9. The largest absolute Gasteiger partial charge is 0.497 e. The molecule has 1 aliphatic heterocycles. The van der Waals surface area contributed by atoms with Gasteiger partial charge in [-0.3, -0.25) is 4.90 Å². The van der Waals surface area contributed by atoms with Gasteiger partial charge in [0.2, 0.25) is 6.73 Å². The molecule has 27 heavy (non-hydrogen) atoms. The van der Waals surface area contributed by atoms with Crippen LogP contribution >= 0.6 is 0 Å². The third kappa shape index (κ3) is 3.19. The predicted molar refractivity (Wildman–Crippen MR) is 104 cm³/mol. The number of ether oxygens (including phenoxy) is 2. The molecule has 2 atom stereocenters. The summed E-state index contributed by atoms with van der Waals surface area (Å²) in [6.45, 7) is 5.82. The first-order valence-electron chi connectivity index (χ1n) is 9.32. The summed E-state index contributed by atoms with van der Waals surface area (Å²) in [6.07, 6.45) is 1.07. The molecule has 3 aromatic rings. The van der Waals surface area contributed by atoms with Crippen molar-refractivity contribution in [3.8, 4) is 22.6 Å². The van der Waals surface area contributed by atoms with E-state index in [-0.39, 0.29) is 5.63 Å². The molecule has 2 heterocycles. The van der Waals surface area contributed by atoms with Gasteiger partial charge in [0.1, 0.15) is 18.0 Å². The van der Waals surface area contributed by atoms with Gasteiger partial charge in [0.05, 0.1) is 18.7 Å². The third-order valence-corrected chi connectivity index (χ3v) is 5.50. The minimum atomic E-state index is -0.350. The van der Waals surface area contributed by atoms with E-state index in [9.17, 15) is 4.79 Å². The smallest absolute Gasteiger partial charge is 0.336 e. The highest BCUT2D eigenvalue weighted by Crippen LogP contribution is 2.34. The van der Waals surface area contributed by atoms with E-state index in [1.807, 2.05) is 36.4 Å². The van der Waals surface area contributed by atoms with Crippen molar-refractivity contribution >= 4 is 11.0 Å². The fourth-order valence-electron chi connectivity index (χ4n) is 3.63. The Morgan fingerprint density at radius 2 is 1.96 bits per heavy atom. The minimum Gasteiger partial charge on any atom is -0.497 e. The average molecular weight is 366 g/mol. The Labute approximate surface area is 158 Å². The summed E-state index contributed by atoms with van der Waals surface area (Å²) in [4.78, 5) is 13.7. The zero-order valence-corrected chi connectivity index (χ0v) is 15.9. The van der Waals surface area contributed by atoms with Gasteiger partial charge in [-0.1, -0.05) is 19.1 Å². The first-order chi connectivity index (χ1) is 13.1. The van der Waals surface area contributed by atoms with Crippen molar-refractivity contribution in [3.63, 3.8) is 0 Å². The Kier molecular flexibility index (Phi) is 4.62. The number of hydrogen-bond acceptors (Lipinski definition) is 4. The molecule has 140 valence electrons. The van der Waals surface area contributed by atoms with Crippen LogP contribution < -0.4 is 20.0 Å². The lowest BCUT2D eigenvalue weighted by molar-refractivity contribution is -0.954. The molecule has 0 bridgehead atoms. The van der Waals surface area contributed by atoms with E-state index in [0.717, 1.165) is 46.5 Å². The summed E-state index contributed by atoms with van der Waals surface area (Å²) in [5, 5.41) is 0.924. The Hall–Kier alpha value is -2.79. The van der Waals surface area contributed by atoms with E-state index in [1.165, 1.54) is 4.90 Å². The molecular formula is C22H24NO4+. The van der Waals surface area contributed by atoms with Crippen LogP contribution in [0.2, 0.25) is 0 Å². The Balaban J connectivity index is 1.87. The number of quaternary nitrogens is 1. The molecule has 2 aromatic carbocycles. The van der Waals surface area contributed by atoms with E-state index >= 15 is 0 Å². The van der Waals surface area contributed by atoms with Gasteiger partial charge in [-0.25, -0.2) is 4.79 Å². The summed E-state index contributed by atoms with van der Waals surface area (Å²) < 4.78 is 16.9. The van der Waals surface area contributed by atoms with Crippen LogP contribution in [0.1, 0.15) is 25.8 Å². The molecule has 0 saturated heterocycles. The molecule has 1 aromatic heterocycles. The monoisotopic (exact) mass is 366 g/mol. The van der Waals surface area contributed by atoms with Gasteiger partial charge >= 0.3 is 5.63 Å². The standard InChI is InChI=1S/C22H23NO4/c1-4-14(2)23-12-19-20(26-13-23)10-9-17-18(11-21(24)27-22(17)19)15-5-7-16(25-3)8-6-15/h5-11,14H,4,12-13H2,1-3H3/p+1/t14-/m0/s1. The van der Waals surface area contributed by atoms with Crippen LogP contribution in [-0.2, 0) is 6.54 Å². The maximum Gasteiger partial charge on any atom is 0.336 e. The molecule has 0 saturated carbocycles. The molecule has 0 aliphatic carbocycles. The van der Waals surface area contributed by atoms with Crippen LogP contribution in [0, 0.1) is 0 Å². The zero-order chi connectivity index (χ0) is 19.0. The molecule has 0 radical (unpaired) electrons. The van der Waals surface area contributed by atoms with Crippen LogP contribution in [0.4, 0.5) is 0 Å². The second kappa shape index (κ2) is 7.08. The molecule has 0 fully saturated rings. The van der Waals surface area contributed by atoms with E-state index in [2.05, 4.69) is 13.8 Å². The first-order valence-corrected chi connectivity index (χ1v) is 9.32. The topological polar surface area (TPSA) is 53.1 Å². The normalized spacial score (nSPS) is 17.2. The maximum absolute atomic E-state index is 12.3. The summed E-state index contributed by atoms with van der Waals surface area (Å²) in [6, 6.07) is 13.7. The Morgan fingerprint density at radius 1 is 1.19 bits per heavy atom. The van der Waals surface area contributed by atoms with Crippen molar-refractivity contribution in [2.45, 2.75) is 32.9 Å². The molecule has 1 aliphatic rings. The second-order valence-electron chi connectivity index (χ2n) is 7.06. The van der Waals surface area contributed by atoms with Gasteiger partial charge in [0.25, 0.3) is 0 Å². The van der Waals surface area contributed by atoms with Crippen molar-refractivity contribution in [1.29, 1.82) is 0 Å². The first kappa shape index (κ1) is 17.6. The van der Waals surface area contributed by atoms with Crippen LogP contribution in [0.15, 0.2) is 51.7 Å². The third-order valence-electron chi connectivity index (χ3n) is 5.50. The van der Waals surface area contributed by atoms with Crippen molar-refractivity contribution < 1.29 is 18.8 Å². The van der Waals surface area contributed by atoms with E-state index in [1.54, 1.807) is 13.2 Å². The average Bonchev–Trinajstić information content (AvgIpc) is 2.72. The highest BCUT2D eigenvalue weighted by atomic mass is 16.5. The summed E-state index contributed by atoms with van der Waals surface area (Å²) in [5.74, 6) is 1.59. The minimum absolute atomic E-state index is 0.350. The van der Waals surface area contributed by atoms with Gasteiger partial charge in [-0.15, -0.1) is 0 Å². The fourth-order valence-corrected chi connectivity index (χ4v) is 3.63. The van der Waals surface area contributed by atoms with Gasteiger partial charge < -0.3 is 13.9 Å². The van der Waals surface area contributed by atoms with Crippen molar-refractivity contribution in [3.05, 3.63) is 58.4 Å². The summed E-state index contributed by atoms with van der Waals surface area (Å²) >= 11 is 0. The summed E-state index contributed by atoms with van der Waals surface area (Å²) in [7, 11) is 1.64. The molecule has 4 rings (SSSR count). The molecule has 1 N–H and O–H groups in total. The highest BCUT2D eigenvalue weighted by molar-refractivity contribution is 5.95. The number of fused-ring (bicyclic) bond motifs is 3. The lowest BCUT2D eigenvalue weighted by Gasteiger charge is -2.30. The van der Waals surface area contributed by atoms with Crippen LogP contribution in [-0.4, -0.2) is 19.9 Å². The maximum atomic E-state index is 12.3. The number of rotatable bonds is 4. The van der Waals surface area contributed by atoms with Crippen LogP contribution in [0.5, 0.6) is 11.5 Å². The van der Waals surface area contributed by atoms with Gasteiger partial charge in [0.15, 0.2) is 5.58 Å². The predicted octanol–water partition coefficient (Wildman–Crippen LogP) is 3.00. The molecule has 0 amide bonds. The summed E-state index contributed by atoms with van der Waals surface area (Å²) in [5.41, 5.74) is 3.07. The molecular weight excluding hydrogens is 342 g/mol. The molecule has 5 heteroatoms.